The van der Waals surface area contributed by atoms with Gasteiger partial charge in [-0.3, -0.25) is 9.71 Å². The van der Waals surface area contributed by atoms with E-state index in [2.05, 4.69) is 35.3 Å². The van der Waals surface area contributed by atoms with Crippen molar-refractivity contribution >= 4 is 44.3 Å². The van der Waals surface area contributed by atoms with Gasteiger partial charge in [0.25, 0.3) is 0 Å². The van der Waals surface area contributed by atoms with E-state index >= 15 is 0 Å². The first-order valence-electron chi connectivity index (χ1n) is 9.43. The predicted octanol–water partition coefficient (Wildman–Crippen LogP) is 2.63. The van der Waals surface area contributed by atoms with Crippen molar-refractivity contribution in [2.45, 2.75) is 38.6 Å². The number of nitrogens with zero attached hydrogens (tertiary/aromatic N) is 2. The minimum absolute atomic E-state index is 0.0178. The maximum absolute atomic E-state index is 11.8. The summed E-state index contributed by atoms with van der Waals surface area (Å²) in [6.45, 7) is 1.60. The number of rotatable bonds is 7. The molecule has 28 heavy (non-hydrogen) atoms. The molecule has 4 rings (SSSR count). The third-order valence-corrected chi connectivity index (χ3v) is 6.11. The minimum atomic E-state index is -3.33. The maximum atomic E-state index is 11.8. The van der Waals surface area contributed by atoms with Crippen LogP contribution < -0.4 is 20.3 Å². The lowest BCUT2D eigenvalue weighted by Gasteiger charge is -2.12. The zero-order valence-corrected chi connectivity index (χ0v) is 16.4. The van der Waals surface area contributed by atoms with Crippen LogP contribution in [-0.2, 0) is 10.0 Å². The Bertz CT molecular complexity index is 1070. The van der Waals surface area contributed by atoms with E-state index in [1.165, 1.54) is 12.8 Å². The van der Waals surface area contributed by atoms with Gasteiger partial charge in [0.1, 0.15) is 0 Å². The van der Waals surface area contributed by atoms with Gasteiger partial charge >= 0.3 is 11.6 Å². The first-order valence-corrected chi connectivity index (χ1v) is 11.1. The summed E-state index contributed by atoms with van der Waals surface area (Å²) in [5, 5.41) is 6.68. The summed E-state index contributed by atoms with van der Waals surface area (Å²) < 4.78 is 26.1. The number of H-pyrrole nitrogens is 2. The van der Waals surface area contributed by atoms with Gasteiger partial charge in [-0.25, -0.2) is 13.4 Å². The number of benzene rings is 1. The third kappa shape index (κ3) is 4.16. The molecule has 2 aromatic heterocycles. The standard InChI is InChI=1S/C18H23N7O2S/c1-2-28(26,27)25-14-9-5-8-13(10-14)22-18-23-16-15(19-11-20-16)17(24-18)21-12-6-3-4-7-12/h5,8-12,25H,2-4,6-7H2,1H3,(H3,19,20,21,22,23,24)/p+1. The van der Waals surface area contributed by atoms with Crippen LogP contribution in [0.2, 0.25) is 0 Å². The van der Waals surface area contributed by atoms with Gasteiger partial charge in [0, 0.05) is 11.7 Å². The van der Waals surface area contributed by atoms with E-state index in [9.17, 15) is 8.42 Å². The molecular formula is C18H24N7O2S+. The zero-order chi connectivity index (χ0) is 19.6. The lowest BCUT2D eigenvalue weighted by molar-refractivity contribution is -0.347. The highest BCUT2D eigenvalue weighted by Gasteiger charge is 2.21. The molecule has 1 aliphatic rings. The van der Waals surface area contributed by atoms with E-state index in [1.54, 1.807) is 31.5 Å². The Balaban J connectivity index is 1.59. The quantitative estimate of drug-likeness (QED) is 0.481. The predicted molar refractivity (Wildman–Crippen MR) is 109 cm³/mol. The molecule has 0 bridgehead atoms. The number of aromatic amines is 2. The van der Waals surface area contributed by atoms with Crippen molar-refractivity contribution in [3.8, 4) is 0 Å². The van der Waals surface area contributed by atoms with E-state index in [0.717, 1.165) is 24.2 Å². The molecule has 5 N–H and O–H groups in total. The fraction of sp³-hybridized carbons (Fsp3) is 0.389. The molecule has 2 heterocycles. The van der Waals surface area contributed by atoms with Gasteiger partial charge in [0.15, 0.2) is 12.1 Å². The summed E-state index contributed by atoms with van der Waals surface area (Å²) in [5.41, 5.74) is 2.71. The number of hydrogen-bond donors (Lipinski definition) is 4. The van der Waals surface area contributed by atoms with Gasteiger partial charge in [0.05, 0.1) is 11.4 Å². The Morgan fingerprint density at radius 3 is 2.79 bits per heavy atom. The fourth-order valence-electron chi connectivity index (χ4n) is 3.34. The van der Waals surface area contributed by atoms with Crippen LogP contribution >= 0.6 is 0 Å². The summed E-state index contributed by atoms with van der Waals surface area (Å²) in [5.74, 6) is 1.20. The molecule has 0 amide bonds. The monoisotopic (exact) mass is 402 g/mol. The molecule has 0 spiro atoms. The van der Waals surface area contributed by atoms with E-state index < -0.39 is 10.0 Å². The van der Waals surface area contributed by atoms with Crippen LogP contribution in [0.1, 0.15) is 32.6 Å². The van der Waals surface area contributed by atoms with Crippen molar-refractivity contribution in [3.63, 3.8) is 0 Å². The lowest BCUT2D eigenvalue weighted by atomic mass is 10.2. The molecule has 1 fully saturated rings. The Morgan fingerprint density at radius 2 is 2.00 bits per heavy atom. The Labute approximate surface area is 163 Å². The van der Waals surface area contributed by atoms with Crippen molar-refractivity contribution in [2.24, 2.45) is 0 Å². The molecule has 0 saturated heterocycles. The van der Waals surface area contributed by atoms with Crippen molar-refractivity contribution in [3.05, 3.63) is 30.6 Å². The van der Waals surface area contributed by atoms with Gasteiger partial charge in [-0.2, -0.15) is 4.98 Å². The van der Waals surface area contributed by atoms with Gasteiger partial charge in [-0.05, 0) is 38.0 Å². The minimum Gasteiger partial charge on any atom is -0.364 e. The van der Waals surface area contributed by atoms with Crippen LogP contribution in [0.15, 0.2) is 30.6 Å². The van der Waals surface area contributed by atoms with Crippen molar-refractivity contribution in [2.75, 3.05) is 21.1 Å². The van der Waals surface area contributed by atoms with E-state index in [-0.39, 0.29) is 5.75 Å². The fourth-order valence-corrected chi connectivity index (χ4v) is 3.97. The molecule has 0 radical (unpaired) electrons. The highest BCUT2D eigenvalue weighted by atomic mass is 32.2. The summed E-state index contributed by atoms with van der Waals surface area (Å²) in [7, 11) is -3.33. The summed E-state index contributed by atoms with van der Waals surface area (Å²) in [4.78, 5) is 15.4. The van der Waals surface area contributed by atoms with Gasteiger partial charge < -0.3 is 10.6 Å². The van der Waals surface area contributed by atoms with E-state index in [1.807, 2.05) is 6.07 Å². The van der Waals surface area contributed by atoms with Crippen molar-refractivity contribution < 1.29 is 13.4 Å². The Morgan fingerprint density at radius 1 is 1.21 bits per heavy atom. The molecule has 0 atom stereocenters. The number of anilines is 4. The van der Waals surface area contributed by atoms with Gasteiger partial charge in [-0.1, -0.05) is 23.9 Å². The summed E-state index contributed by atoms with van der Waals surface area (Å²) in [6, 6.07) is 7.44. The molecular weight excluding hydrogens is 378 g/mol. The molecule has 10 heteroatoms. The van der Waals surface area contributed by atoms with Crippen LogP contribution in [0.5, 0.6) is 0 Å². The Hall–Kier alpha value is -2.88. The van der Waals surface area contributed by atoms with Crippen LogP contribution in [0.3, 0.4) is 0 Å². The first kappa shape index (κ1) is 18.5. The first-order chi connectivity index (χ1) is 13.5. The normalized spacial score (nSPS) is 15.0. The second kappa shape index (κ2) is 7.63. The molecule has 0 aliphatic heterocycles. The highest BCUT2D eigenvalue weighted by Crippen LogP contribution is 2.26. The number of hydrogen-bond acceptors (Lipinski definition) is 6. The average Bonchev–Trinajstić information content (AvgIpc) is 3.33. The molecule has 0 unspecified atom stereocenters. The Kier molecular flexibility index (Phi) is 5.03. The van der Waals surface area contributed by atoms with Crippen LogP contribution in [0.25, 0.3) is 11.2 Å². The number of sulfonamides is 1. The van der Waals surface area contributed by atoms with Crippen molar-refractivity contribution in [1.82, 2.24) is 15.0 Å². The lowest BCUT2D eigenvalue weighted by Crippen LogP contribution is -2.17. The van der Waals surface area contributed by atoms with Crippen LogP contribution in [0, 0.1) is 0 Å². The molecule has 9 nitrogen and oxygen atoms in total. The molecule has 1 saturated carbocycles. The van der Waals surface area contributed by atoms with Gasteiger partial charge in [-0.15, -0.1) is 0 Å². The van der Waals surface area contributed by atoms with Gasteiger partial charge in [0.2, 0.25) is 15.5 Å². The summed E-state index contributed by atoms with van der Waals surface area (Å²) in [6.07, 6.45) is 6.46. The number of imidazole rings is 1. The summed E-state index contributed by atoms with van der Waals surface area (Å²) >= 11 is 0. The molecule has 3 aromatic rings. The second-order valence-corrected chi connectivity index (χ2v) is 8.90. The number of fused-ring (bicyclic) bond motifs is 1. The van der Waals surface area contributed by atoms with E-state index in [4.69, 9.17) is 0 Å². The van der Waals surface area contributed by atoms with Crippen molar-refractivity contribution in [1.29, 1.82) is 0 Å². The second-order valence-electron chi connectivity index (χ2n) is 6.89. The third-order valence-electron chi connectivity index (χ3n) is 4.80. The van der Waals surface area contributed by atoms with E-state index in [0.29, 0.717) is 29.0 Å². The smallest absolute Gasteiger partial charge is 0.307 e. The highest BCUT2D eigenvalue weighted by molar-refractivity contribution is 7.92. The zero-order valence-electron chi connectivity index (χ0n) is 15.6. The number of aromatic nitrogens is 4. The maximum Gasteiger partial charge on any atom is 0.307 e. The molecule has 1 aromatic carbocycles. The van der Waals surface area contributed by atoms with Crippen LogP contribution in [-0.4, -0.2) is 35.2 Å². The average molecular weight is 403 g/mol. The molecule has 148 valence electrons. The number of nitrogens with one attached hydrogen (secondary N) is 5. The SMILES string of the molecule is CCS(=O)(=O)Nc1cccc(Nc2nc(NC3CCCC3)c3[nH]c[nH+]c3n2)c1. The topological polar surface area (TPSA) is 126 Å². The molecule has 1 aliphatic carbocycles. The largest absolute Gasteiger partial charge is 0.364 e. The van der Waals surface area contributed by atoms with Crippen LogP contribution in [0.4, 0.5) is 23.1 Å².